The minimum atomic E-state index is -3.85. The highest BCUT2D eigenvalue weighted by molar-refractivity contribution is 7.92. The number of carbonyl (C=O) groups excluding carboxylic acids is 1. The maximum absolute atomic E-state index is 12.7. The van der Waals surface area contributed by atoms with Crippen molar-refractivity contribution in [1.82, 2.24) is 0 Å². The lowest BCUT2D eigenvalue weighted by atomic mass is 10.3. The van der Waals surface area contributed by atoms with Crippen molar-refractivity contribution >= 4 is 27.3 Å². The SMILES string of the molecule is CCOc1ccccc1NS(=O)(=O)c1ccc(NC(C)=O)c(OC)c1. The van der Waals surface area contributed by atoms with Gasteiger partial charge in [-0.25, -0.2) is 8.42 Å². The molecule has 2 N–H and O–H groups in total. The Morgan fingerprint density at radius 3 is 2.44 bits per heavy atom. The maximum Gasteiger partial charge on any atom is 0.262 e. The first kappa shape index (κ1) is 18.6. The van der Waals surface area contributed by atoms with Crippen molar-refractivity contribution in [2.75, 3.05) is 23.8 Å². The summed E-state index contributed by atoms with van der Waals surface area (Å²) in [6.45, 7) is 3.59. The highest BCUT2D eigenvalue weighted by atomic mass is 32.2. The third-order valence-electron chi connectivity index (χ3n) is 3.23. The molecule has 2 aromatic carbocycles. The molecule has 8 heteroatoms. The Labute approximate surface area is 147 Å². The molecule has 0 aromatic heterocycles. The molecule has 134 valence electrons. The molecule has 0 spiro atoms. The molecule has 7 nitrogen and oxygen atoms in total. The molecule has 2 rings (SSSR count). The summed E-state index contributed by atoms with van der Waals surface area (Å²) < 4.78 is 38.4. The molecule has 0 atom stereocenters. The van der Waals surface area contributed by atoms with E-state index in [2.05, 4.69) is 10.0 Å². The van der Waals surface area contributed by atoms with E-state index in [-0.39, 0.29) is 16.6 Å². The monoisotopic (exact) mass is 364 g/mol. The molecule has 0 unspecified atom stereocenters. The first-order chi connectivity index (χ1) is 11.9. The average molecular weight is 364 g/mol. The van der Waals surface area contributed by atoms with E-state index in [0.717, 1.165) is 0 Å². The summed E-state index contributed by atoms with van der Waals surface area (Å²) in [6.07, 6.45) is 0. The second-order valence-corrected chi connectivity index (χ2v) is 6.76. The molecule has 0 aliphatic heterocycles. The number of rotatable bonds is 7. The van der Waals surface area contributed by atoms with E-state index in [1.165, 1.54) is 32.2 Å². The summed E-state index contributed by atoms with van der Waals surface area (Å²) >= 11 is 0. The number of benzene rings is 2. The van der Waals surface area contributed by atoms with Gasteiger partial charge in [-0.05, 0) is 31.2 Å². The van der Waals surface area contributed by atoms with Crippen LogP contribution in [-0.4, -0.2) is 28.0 Å². The molecule has 0 saturated carbocycles. The first-order valence-corrected chi connectivity index (χ1v) is 9.06. The van der Waals surface area contributed by atoms with Gasteiger partial charge in [0.2, 0.25) is 5.91 Å². The number of anilines is 2. The zero-order chi connectivity index (χ0) is 18.4. The van der Waals surface area contributed by atoms with Crippen LogP contribution in [0.1, 0.15) is 13.8 Å². The van der Waals surface area contributed by atoms with Crippen LogP contribution >= 0.6 is 0 Å². The highest BCUT2D eigenvalue weighted by Gasteiger charge is 2.19. The van der Waals surface area contributed by atoms with Gasteiger partial charge in [-0.3, -0.25) is 9.52 Å². The first-order valence-electron chi connectivity index (χ1n) is 7.57. The number of ether oxygens (including phenoxy) is 2. The van der Waals surface area contributed by atoms with Crippen molar-refractivity contribution < 1.29 is 22.7 Å². The fourth-order valence-electron chi connectivity index (χ4n) is 2.17. The summed E-state index contributed by atoms with van der Waals surface area (Å²) in [4.78, 5) is 11.2. The van der Waals surface area contributed by atoms with Crippen molar-refractivity contribution in [1.29, 1.82) is 0 Å². The van der Waals surface area contributed by atoms with Crippen LogP contribution in [-0.2, 0) is 14.8 Å². The molecule has 0 bridgehead atoms. The number of nitrogens with one attached hydrogen (secondary N) is 2. The summed E-state index contributed by atoms with van der Waals surface area (Å²) in [5.74, 6) is 0.407. The number of amides is 1. The molecule has 0 fully saturated rings. The number of carbonyl (C=O) groups is 1. The molecule has 2 aromatic rings. The maximum atomic E-state index is 12.7. The van der Waals surface area contributed by atoms with Gasteiger partial charge in [0.15, 0.2) is 0 Å². The van der Waals surface area contributed by atoms with Gasteiger partial charge in [-0.1, -0.05) is 12.1 Å². The topological polar surface area (TPSA) is 93.7 Å². The van der Waals surface area contributed by atoms with Crippen LogP contribution in [0.2, 0.25) is 0 Å². The van der Waals surface area contributed by atoms with E-state index in [9.17, 15) is 13.2 Å². The van der Waals surface area contributed by atoms with Crippen LogP contribution in [0.15, 0.2) is 47.4 Å². The van der Waals surface area contributed by atoms with Crippen LogP contribution in [0, 0.1) is 0 Å². The number of methoxy groups -OCH3 is 1. The van der Waals surface area contributed by atoms with Crippen molar-refractivity contribution in [3.63, 3.8) is 0 Å². The molecule has 0 heterocycles. The molecule has 0 radical (unpaired) electrons. The second-order valence-electron chi connectivity index (χ2n) is 5.08. The Morgan fingerprint density at radius 2 is 1.80 bits per heavy atom. The molecular weight excluding hydrogens is 344 g/mol. The Balaban J connectivity index is 2.35. The smallest absolute Gasteiger partial charge is 0.262 e. The number of hydrogen-bond acceptors (Lipinski definition) is 5. The zero-order valence-corrected chi connectivity index (χ0v) is 15.0. The van der Waals surface area contributed by atoms with Gasteiger partial charge in [0.1, 0.15) is 11.5 Å². The van der Waals surface area contributed by atoms with E-state index in [4.69, 9.17) is 9.47 Å². The fraction of sp³-hybridized carbons (Fsp3) is 0.235. The normalized spacial score (nSPS) is 10.8. The Kier molecular flexibility index (Phi) is 5.87. The van der Waals surface area contributed by atoms with Crippen molar-refractivity contribution in [2.24, 2.45) is 0 Å². The molecule has 0 saturated heterocycles. The number of para-hydroxylation sites is 2. The average Bonchev–Trinajstić information content (AvgIpc) is 2.56. The van der Waals surface area contributed by atoms with Crippen molar-refractivity contribution in [3.05, 3.63) is 42.5 Å². The second kappa shape index (κ2) is 7.89. The Morgan fingerprint density at radius 1 is 1.08 bits per heavy atom. The van der Waals surface area contributed by atoms with E-state index >= 15 is 0 Å². The van der Waals surface area contributed by atoms with Gasteiger partial charge in [-0.15, -0.1) is 0 Å². The quantitative estimate of drug-likeness (QED) is 0.788. The van der Waals surface area contributed by atoms with E-state index in [1.54, 1.807) is 24.3 Å². The molecular formula is C17H20N2O5S. The van der Waals surface area contributed by atoms with Crippen LogP contribution in [0.4, 0.5) is 11.4 Å². The van der Waals surface area contributed by atoms with Gasteiger partial charge >= 0.3 is 0 Å². The van der Waals surface area contributed by atoms with Gasteiger partial charge in [0, 0.05) is 13.0 Å². The molecule has 25 heavy (non-hydrogen) atoms. The lowest BCUT2D eigenvalue weighted by Gasteiger charge is -2.14. The fourth-order valence-corrected chi connectivity index (χ4v) is 3.25. The van der Waals surface area contributed by atoms with Gasteiger partial charge in [-0.2, -0.15) is 0 Å². The predicted octanol–water partition coefficient (Wildman–Crippen LogP) is 2.85. The lowest BCUT2D eigenvalue weighted by Crippen LogP contribution is -2.14. The summed E-state index contributed by atoms with van der Waals surface area (Å²) in [6, 6.07) is 11.0. The summed E-state index contributed by atoms with van der Waals surface area (Å²) in [7, 11) is -2.46. The third kappa shape index (κ3) is 4.63. The number of sulfonamides is 1. The zero-order valence-electron chi connectivity index (χ0n) is 14.2. The van der Waals surface area contributed by atoms with E-state index in [0.29, 0.717) is 23.7 Å². The molecule has 0 aliphatic rings. The summed E-state index contributed by atoms with van der Waals surface area (Å²) in [5.41, 5.74) is 0.734. The minimum Gasteiger partial charge on any atom is -0.495 e. The van der Waals surface area contributed by atoms with Crippen LogP contribution in [0.3, 0.4) is 0 Å². The predicted molar refractivity (Wildman–Crippen MR) is 95.7 cm³/mol. The lowest BCUT2D eigenvalue weighted by molar-refractivity contribution is -0.114. The largest absolute Gasteiger partial charge is 0.495 e. The van der Waals surface area contributed by atoms with E-state index in [1.807, 2.05) is 6.92 Å². The van der Waals surface area contributed by atoms with Crippen molar-refractivity contribution in [2.45, 2.75) is 18.7 Å². The van der Waals surface area contributed by atoms with Crippen LogP contribution < -0.4 is 19.5 Å². The molecule has 1 amide bonds. The van der Waals surface area contributed by atoms with Gasteiger partial charge in [0.25, 0.3) is 10.0 Å². The van der Waals surface area contributed by atoms with Crippen molar-refractivity contribution in [3.8, 4) is 11.5 Å². The number of hydrogen-bond donors (Lipinski definition) is 2. The van der Waals surface area contributed by atoms with E-state index < -0.39 is 10.0 Å². The summed E-state index contributed by atoms with van der Waals surface area (Å²) in [5, 5.41) is 2.58. The minimum absolute atomic E-state index is 0.00440. The van der Waals surface area contributed by atoms with Gasteiger partial charge < -0.3 is 14.8 Å². The standard InChI is InChI=1S/C17H20N2O5S/c1-4-24-16-8-6-5-7-15(16)19-25(21,22)13-9-10-14(18-12(2)20)17(11-13)23-3/h5-11,19H,4H2,1-3H3,(H,18,20). The van der Waals surface area contributed by atoms with Crippen LogP contribution in [0.25, 0.3) is 0 Å². The van der Waals surface area contributed by atoms with Gasteiger partial charge in [0.05, 0.1) is 30.0 Å². The Bertz CT molecular complexity index is 865. The Hall–Kier alpha value is -2.74. The highest BCUT2D eigenvalue weighted by Crippen LogP contribution is 2.30. The van der Waals surface area contributed by atoms with Crippen LogP contribution in [0.5, 0.6) is 11.5 Å². The third-order valence-corrected chi connectivity index (χ3v) is 4.59. The molecule has 0 aliphatic carbocycles.